The van der Waals surface area contributed by atoms with Crippen molar-refractivity contribution >= 4 is 21.5 Å². The number of hydrogen-bond donors (Lipinski definition) is 3. The molecule has 0 amide bonds. The number of hydrogen-bond acceptors (Lipinski definition) is 4. The Kier molecular flexibility index (Phi) is 6.62. The number of H-pyrrole nitrogens is 1. The molecular formula is C23H25FN2O4S. The van der Waals surface area contributed by atoms with Crippen molar-refractivity contribution in [3.8, 4) is 0 Å². The Hall–Kier alpha value is -2.97. The number of sulfonamides is 1. The molecule has 6 nitrogen and oxygen atoms in total. The first-order chi connectivity index (χ1) is 14.6. The summed E-state index contributed by atoms with van der Waals surface area (Å²) in [6, 6.07) is 13.2. The third kappa shape index (κ3) is 5.21. The highest BCUT2D eigenvalue weighted by Gasteiger charge is 2.21. The van der Waals surface area contributed by atoms with Crippen molar-refractivity contribution in [1.29, 1.82) is 0 Å². The number of aromatic nitrogens is 1. The van der Waals surface area contributed by atoms with E-state index >= 15 is 0 Å². The fourth-order valence-electron chi connectivity index (χ4n) is 3.45. The van der Waals surface area contributed by atoms with Gasteiger partial charge in [-0.15, -0.1) is 0 Å². The van der Waals surface area contributed by atoms with Crippen LogP contribution in [0.2, 0.25) is 0 Å². The molecule has 0 aliphatic carbocycles. The van der Waals surface area contributed by atoms with Gasteiger partial charge in [0.05, 0.1) is 23.7 Å². The molecule has 3 rings (SSSR count). The van der Waals surface area contributed by atoms with Gasteiger partial charge in [0.15, 0.2) is 0 Å². The molecule has 0 fully saturated rings. The van der Waals surface area contributed by atoms with Gasteiger partial charge in [-0.25, -0.2) is 12.8 Å². The number of aryl methyl sites for hydroxylation is 2. The van der Waals surface area contributed by atoms with Crippen LogP contribution in [0.15, 0.2) is 48.5 Å². The fraction of sp³-hybridized carbons (Fsp3) is 0.261. The van der Waals surface area contributed by atoms with Gasteiger partial charge < -0.3 is 10.1 Å². The zero-order chi connectivity index (χ0) is 22.8. The van der Waals surface area contributed by atoms with Crippen LogP contribution in [0.3, 0.4) is 0 Å². The van der Waals surface area contributed by atoms with E-state index in [1.807, 2.05) is 26.0 Å². The van der Waals surface area contributed by atoms with E-state index in [9.17, 15) is 17.6 Å². The van der Waals surface area contributed by atoms with Crippen LogP contribution in [-0.4, -0.2) is 36.7 Å². The summed E-state index contributed by atoms with van der Waals surface area (Å²) in [6.07, 6.45) is 0. The lowest BCUT2D eigenvalue weighted by atomic mass is 9.97. The number of halogens is 1. The molecule has 164 valence electrons. The van der Waals surface area contributed by atoms with Crippen LogP contribution in [-0.2, 0) is 10.0 Å². The van der Waals surface area contributed by atoms with E-state index in [-0.39, 0.29) is 23.1 Å². The van der Waals surface area contributed by atoms with Gasteiger partial charge in [0.25, 0.3) is 0 Å². The van der Waals surface area contributed by atoms with Gasteiger partial charge >= 0.3 is 0 Å². The Morgan fingerprint density at radius 2 is 1.81 bits per heavy atom. The number of carbonyl (C=O) groups is 1. The molecule has 2 aromatic carbocycles. The molecule has 31 heavy (non-hydrogen) atoms. The van der Waals surface area contributed by atoms with Crippen LogP contribution in [0, 0.1) is 19.7 Å². The molecule has 3 N–H and O–H groups in total. The van der Waals surface area contributed by atoms with Crippen LogP contribution in [0.25, 0.3) is 0 Å². The normalized spacial score (nSPS) is 12.5. The van der Waals surface area contributed by atoms with Crippen molar-refractivity contribution in [2.45, 2.75) is 26.7 Å². The summed E-state index contributed by atoms with van der Waals surface area (Å²) in [7, 11) is -3.62. The summed E-state index contributed by atoms with van der Waals surface area (Å²) in [5.74, 6) is -1.56. The highest BCUT2D eigenvalue weighted by Crippen LogP contribution is 2.28. The highest BCUT2D eigenvalue weighted by atomic mass is 32.2. The SMILES string of the molecule is Cc1ccc(C(=O)c2cc(F)c(C(C)c3ccc(NS(=O)(=O)CCO)cc3)[nH]2)c(C)c1. The molecule has 1 heterocycles. The summed E-state index contributed by atoms with van der Waals surface area (Å²) in [5, 5.41) is 8.81. The number of ketones is 1. The van der Waals surface area contributed by atoms with E-state index < -0.39 is 28.2 Å². The minimum atomic E-state index is -3.62. The average Bonchev–Trinajstić information content (AvgIpc) is 3.09. The first-order valence-corrected chi connectivity index (χ1v) is 11.5. The smallest absolute Gasteiger partial charge is 0.234 e. The number of aromatic amines is 1. The fourth-order valence-corrected chi connectivity index (χ4v) is 4.29. The molecule has 1 aromatic heterocycles. The monoisotopic (exact) mass is 444 g/mol. The first kappa shape index (κ1) is 22.7. The molecule has 1 atom stereocenters. The van der Waals surface area contributed by atoms with Crippen molar-refractivity contribution < 1.29 is 22.7 Å². The summed E-state index contributed by atoms with van der Waals surface area (Å²) < 4.78 is 40.5. The molecule has 0 spiro atoms. The number of benzene rings is 2. The lowest BCUT2D eigenvalue weighted by Gasteiger charge is -2.13. The predicted molar refractivity (Wildman–Crippen MR) is 119 cm³/mol. The Labute approximate surface area is 181 Å². The number of carbonyl (C=O) groups excluding carboxylic acids is 1. The standard InChI is InChI=1S/C23H25FN2O4S/c1-14-4-9-19(15(2)12-14)23(28)21-13-20(24)22(25-21)16(3)17-5-7-18(8-6-17)26-31(29,30)11-10-27/h4-9,12-13,16,25-27H,10-11H2,1-3H3. The summed E-state index contributed by atoms with van der Waals surface area (Å²) in [5.41, 5.74) is 3.95. The van der Waals surface area contributed by atoms with Crippen molar-refractivity contribution in [3.63, 3.8) is 0 Å². The van der Waals surface area contributed by atoms with E-state index in [2.05, 4.69) is 9.71 Å². The van der Waals surface area contributed by atoms with Crippen molar-refractivity contribution in [2.75, 3.05) is 17.1 Å². The second-order valence-corrected chi connectivity index (χ2v) is 9.42. The summed E-state index contributed by atoms with van der Waals surface area (Å²) in [4.78, 5) is 15.8. The van der Waals surface area contributed by atoms with E-state index in [1.54, 1.807) is 37.3 Å². The van der Waals surface area contributed by atoms with Crippen LogP contribution >= 0.6 is 0 Å². The van der Waals surface area contributed by atoms with Gasteiger partial charge in [-0.1, -0.05) is 42.8 Å². The Morgan fingerprint density at radius 3 is 2.42 bits per heavy atom. The van der Waals surface area contributed by atoms with Gasteiger partial charge in [0, 0.05) is 23.2 Å². The van der Waals surface area contributed by atoms with Crippen LogP contribution < -0.4 is 4.72 Å². The zero-order valence-electron chi connectivity index (χ0n) is 17.6. The molecule has 3 aromatic rings. The number of aliphatic hydroxyl groups excluding tert-OH is 1. The quantitative estimate of drug-likeness (QED) is 0.459. The number of anilines is 1. The third-order valence-corrected chi connectivity index (χ3v) is 6.41. The predicted octanol–water partition coefficient (Wildman–Crippen LogP) is 3.89. The average molecular weight is 445 g/mol. The number of nitrogens with one attached hydrogen (secondary N) is 2. The minimum absolute atomic E-state index is 0.180. The largest absolute Gasteiger partial charge is 0.395 e. The molecular weight excluding hydrogens is 419 g/mol. The third-order valence-electron chi connectivity index (χ3n) is 5.15. The molecule has 0 saturated carbocycles. The lowest BCUT2D eigenvalue weighted by Crippen LogP contribution is -2.18. The van der Waals surface area contributed by atoms with Crippen molar-refractivity contribution in [3.05, 3.63) is 88.0 Å². The minimum Gasteiger partial charge on any atom is -0.395 e. The van der Waals surface area contributed by atoms with Crippen LogP contribution in [0.1, 0.15) is 51.3 Å². The van der Waals surface area contributed by atoms with Gasteiger partial charge in [0.1, 0.15) is 5.82 Å². The highest BCUT2D eigenvalue weighted by molar-refractivity contribution is 7.92. The van der Waals surface area contributed by atoms with E-state index in [0.29, 0.717) is 11.3 Å². The van der Waals surface area contributed by atoms with E-state index in [4.69, 9.17) is 5.11 Å². The van der Waals surface area contributed by atoms with Gasteiger partial charge in [0.2, 0.25) is 15.8 Å². The second-order valence-electron chi connectivity index (χ2n) is 7.58. The maximum absolute atomic E-state index is 14.7. The molecule has 0 radical (unpaired) electrons. The first-order valence-electron chi connectivity index (χ1n) is 9.83. The van der Waals surface area contributed by atoms with Crippen molar-refractivity contribution in [2.24, 2.45) is 0 Å². The van der Waals surface area contributed by atoms with Gasteiger partial charge in [-0.05, 0) is 37.1 Å². The maximum Gasteiger partial charge on any atom is 0.234 e. The van der Waals surface area contributed by atoms with Gasteiger partial charge in [-0.3, -0.25) is 9.52 Å². The molecule has 8 heteroatoms. The summed E-state index contributed by atoms with van der Waals surface area (Å²) in [6.45, 7) is 5.11. The van der Waals surface area contributed by atoms with Crippen molar-refractivity contribution in [1.82, 2.24) is 4.98 Å². The number of rotatable bonds is 8. The zero-order valence-corrected chi connectivity index (χ0v) is 18.4. The topological polar surface area (TPSA) is 99.3 Å². The Morgan fingerprint density at radius 1 is 1.13 bits per heavy atom. The summed E-state index contributed by atoms with van der Waals surface area (Å²) >= 11 is 0. The van der Waals surface area contributed by atoms with Crippen LogP contribution in [0.4, 0.5) is 10.1 Å². The van der Waals surface area contributed by atoms with E-state index in [1.165, 1.54) is 6.07 Å². The second kappa shape index (κ2) is 9.03. The molecule has 0 saturated heterocycles. The van der Waals surface area contributed by atoms with Gasteiger partial charge in [-0.2, -0.15) is 0 Å². The van der Waals surface area contributed by atoms with E-state index in [0.717, 1.165) is 16.7 Å². The molecule has 0 aliphatic rings. The maximum atomic E-state index is 14.7. The Balaban J connectivity index is 1.82. The molecule has 0 bridgehead atoms. The Bertz CT molecular complexity index is 1200. The molecule has 0 aliphatic heterocycles. The lowest BCUT2D eigenvalue weighted by molar-refractivity contribution is 0.103. The number of aliphatic hydroxyl groups is 1. The van der Waals surface area contributed by atoms with Crippen LogP contribution in [0.5, 0.6) is 0 Å². The molecule has 1 unspecified atom stereocenters.